The third-order valence-electron chi connectivity index (χ3n) is 3.24. The van der Waals surface area contributed by atoms with Crippen LogP contribution >= 0.6 is 11.6 Å². The predicted octanol–water partition coefficient (Wildman–Crippen LogP) is 1.87. The van der Waals surface area contributed by atoms with Crippen LogP contribution in [0.3, 0.4) is 0 Å². The maximum absolute atomic E-state index is 11.2. The summed E-state index contributed by atoms with van der Waals surface area (Å²) in [7, 11) is -0.631. The highest BCUT2D eigenvalue weighted by Crippen LogP contribution is 2.17. The Hall–Kier alpha value is -0.420. The lowest BCUT2D eigenvalue weighted by molar-refractivity contribution is 0.168. The van der Waals surface area contributed by atoms with Gasteiger partial charge in [-0.2, -0.15) is 0 Å². The van der Waals surface area contributed by atoms with Crippen molar-refractivity contribution < 1.29 is 9.32 Å². The summed E-state index contributed by atoms with van der Waals surface area (Å²) in [5, 5.41) is 14.0. The highest BCUT2D eigenvalue weighted by atomic mass is 35.5. The fourth-order valence-corrected chi connectivity index (χ4v) is 3.50. The zero-order chi connectivity index (χ0) is 13.0. The number of rotatable bonds is 4. The van der Waals surface area contributed by atoms with Crippen LogP contribution in [0.4, 0.5) is 0 Å². The fourth-order valence-electron chi connectivity index (χ4n) is 2.08. The first-order valence-electron chi connectivity index (χ1n) is 6.17. The van der Waals surface area contributed by atoms with E-state index in [0.717, 1.165) is 29.9 Å². The molecule has 5 heteroatoms. The van der Waals surface area contributed by atoms with E-state index < -0.39 is 16.9 Å². The van der Waals surface area contributed by atoms with Crippen molar-refractivity contribution in [2.24, 2.45) is 0 Å². The fraction of sp³-hybridized carbons (Fsp3) is 0.538. The SMILES string of the molecule is O=S1CCC(NCC(O)c2ccc(Cl)cc2)CC1. The van der Waals surface area contributed by atoms with Gasteiger partial charge in [-0.15, -0.1) is 0 Å². The molecule has 0 saturated carbocycles. The Morgan fingerprint density at radius 3 is 2.56 bits per heavy atom. The molecule has 2 N–H and O–H groups in total. The summed E-state index contributed by atoms with van der Waals surface area (Å²) in [5.41, 5.74) is 0.867. The van der Waals surface area contributed by atoms with Crippen LogP contribution in [0.2, 0.25) is 5.02 Å². The highest BCUT2D eigenvalue weighted by Gasteiger charge is 2.18. The normalized spacial score (nSPS) is 25.9. The van der Waals surface area contributed by atoms with E-state index in [0.29, 0.717) is 17.6 Å². The van der Waals surface area contributed by atoms with Gasteiger partial charge in [0.05, 0.1) is 6.10 Å². The van der Waals surface area contributed by atoms with Crippen molar-refractivity contribution >= 4 is 22.4 Å². The molecule has 0 amide bonds. The van der Waals surface area contributed by atoms with Crippen LogP contribution in [-0.4, -0.2) is 33.4 Å². The number of nitrogens with one attached hydrogen (secondary N) is 1. The molecule has 1 fully saturated rings. The first kappa shape index (κ1) is 14.0. The van der Waals surface area contributed by atoms with Gasteiger partial charge in [-0.1, -0.05) is 23.7 Å². The van der Waals surface area contributed by atoms with E-state index in [9.17, 15) is 9.32 Å². The highest BCUT2D eigenvalue weighted by molar-refractivity contribution is 7.85. The molecule has 0 aromatic heterocycles. The van der Waals surface area contributed by atoms with Crippen LogP contribution in [-0.2, 0) is 10.8 Å². The Bertz CT molecular complexity index is 400. The molecule has 100 valence electrons. The molecule has 1 aliphatic rings. The molecule has 0 bridgehead atoms. The van der Waals surface area contributed by atoms with Crippen molar-refractivity contribution in [3.8, 4) is 0 Å². The zero-order valence-electron chi connectivity index (χ0n) is 10.1. The summed E-state index contributed by atoms with van der Waals surface area (Å²) in [4.78, 5) is 0. The molecule has 1 aromatic carbocycles. The van der Waals surface area contributed by atoms with Gasteiger partial charge in [-0.05, 0) is 30.5 Å². The molecular formula is C13H18ClNO2S. The van der Waals surface area contributed by atoms with Gasteiger partial charge in [-0.25, -0.2) is 0 Å². The number of halogens is 1. The van der Waals surface area contributed by atoms with Crippen LogP contribution in [0.5, 0.6) is 0 Å². The largest absolute Gasteiger partial charge is 0.387 e. The first-order chi connectivity index (χ1) is 8.65. The van der Waals surface area contributed by atoms with E-state index in [2.05, 4.69) is 5.32 Å². The first-order valence-corrected chi connectivity index (χ1v) is 8.03. The number of aliphatic hydroxyl groups excluding tert-OH is 1. The molecule has 1 saturated heterocycles. The zero-order valence-corrected chi connectivity index (χ0v) is 11.7. The van der Waals surface area contributed by atoms with E-state index >= 15 is 0 Å². The van der Waals surface area contributed by atoms with Gasteiger partial charge in [0.25, 0.3) is 0 Å². The van der Waals surface area contributed by atoms with Gasteiger partial charge >= 0.3 is 0 Å². The molecule has 1 unspecified atom stereocenters. The van der Waals surface area contributed by atoms with Crippen LogP contribution < -0.4 is 5.32 Å². The lowest BCUT2D eigenvalue weighted by Crippen LogP contribution is -2.37. The molecular weight excluding hydrogens is 270 g/mol. The Morgan fingerprint density at radius 1 is 1.33 bits per heavy atom. The molecule has 2 rings (SSSR count). The van der Waals surface area contributed by atoms with Crippen molar-refractivity contribution in [3.63, 3.8) is 0 Å². The molecule has 1 aliphatic heterocycles. The molecule has 0 spiro atoms. The number of hydrogen-bond donors (Lipinski definition) is 2. The molecule has 0 aliphatic carbocycles. The minimum absolute atomic E-state index is 0.379. The Kier molecular flexibility index (Phi) is 5.18. The second-order valence-electron chi connectivity index (χ2n) is 4.60. The summed E-state index contributed by atoms with van der Waals surface area (Å²) >= 11 is 5.80. The van der Waals surface area contributed by atoms with Crippen LogP contribution in [0.15, 0.2) is 24.3 Å². The summed E-state index contributed by atoms with van der Waals surface area (Å²) in [6.07, 6.45) is 1.34. The van der Waals surface area contributed by atoms with Crippen molar-refractivity contribution in [1.29, 1.82) is 0 Å². The summed E-state index contributed by atoms with van der Waals surface area (Å²) in [5.74, 6) is 1.55. The van der Waals surface area contributed by atoms with Crippen LogP contribution in [0, 0.1) is 0 Å². The van der Waals surface area contributed by atoms with Gasteiger partial charge in [0.15, 0.2) is 0 Å². The number of benzene rings is 1. The summed E-state index contributed by atoms with van der Waals surface area (Å²) in [6.45, 7) is 0.527. The number of hydrogen-bond acceptors (Lipinski definition) is 3. The van der Waals surface area contributed by atoms with E-state index in [1.54, 1.807) is 12.1 Å². The Morgan fingerprint density at radius 2 is 1.94 bits per heavy atom. The van der Waals surface area contributed by atoms with E-state index in [-0.39, 0.29) is 0 Å². The smallest absolute Gasteiger partial charge is 0.0914 e. The van der Waals surface area contributed by atoms with Gasteiger partial charge < -0.3 is 10.4 Å². The Labute approximate surface area is 115 Å². The van der Waals surface area contributed by atoms with E-state index in [1.807, 2.05) is 12.1 Å². The standard InChI is InChI=1S/C13H18ClNO2S/c14-11-3-1-10(2-4-11)13(16)9-15-12-5-7-18(17)8-6-12/h1-4,12-13,15-16H,5-9H2. The molecule has 1 atom stereocenters. The van der Waals surface area contributed by atoms with Gasteiger partial charge in [0, 0.05) is 39.9 Å². The average molecular weight is 288 g/mol. The second kappa shape index (κ2) is 6.66. The summed E-state index contributed by atoms with van der Waals surface area (Å²) in [6, 6.07) is 7.62. The molecule has 1 heterocycles. The summed E-state index contributed by atoms with van der Waals surface area (Å²) < 4.78 is 11.2. The van der Waals surface area contributed by atoms with E-state index in [4.69, 9.17) is 11.6 Å². The topological polar surface area (TPSA) is 49.3 Å². The molecule has 1 aromatic rings. The quantitative estimate of drug-likeness (QED) is 0.889. The van der Waals surface area contributed by atoms with Crippen molar-refractivity contribution in [1.82, 2.24) is 5.32 Å². The van der Waals surface area contributed by atoms with Crippen LogP contribution in [0.25, 0.3) is 0 Å². The number of aliphatic hydroxyl groups is 1. The minimum atomic E-state index is -0.631. The van der Waals surface area contributed by atoms with Gasteiger partial charge in [0.1, 0.15) is 0 Å². The average Bonchev–Trinajstić information content (AvgIpc) is 2.38. The third-order valence-corrected chi connectivity index (χ3v) is 4.88. The molecule has 0 radical (unpaired) electrons. The van der Waals surface area contributed by atoms with Gasteiger partial charge in [-0.3, -0.25) is 4.21 Å². The van der Waals surface area contributed by atoms with Gasteiger partial charge in [0.2, 0.25) is 0 Å². The van der Waals surface area contributed by atoms with Crippen molar-refractivity contribution in [2.45, 2.75) is 25.0 Å². The Balaban J connectivity index is 1.79. The lowest BCUT2D eigenvalue weighted by Gasteiger charge is -2.24. The lowest BCUT2D eigenvalue weighted by atomic mass is 10.1. The monoisotopic (exact) mass is 287 g/mol. The van der Waals surface area contributed by atoms with Crippen molar-refractivity contribution in [3.05, 3.63) is 34.9 Å². The third kappa shape index (κ3) is 4.05. The molecule has 3 nitrogen and oxygen atoms in total. The maximum atomic E-state index is 11.2. The van der Waals surface area contributed by atoms with E-state index in [1.165, 1.54) is 0 Å². The maximum Gasteiger partial charge on any atom is 0.0914 e. The molecule has 18 heavy (non-hydrogen) atoms. The minimum Gasteiger partial charge on any atom is -0.387 e. The van der Waals surface area contributed by atoms with Crippen molar-refractivity contribution in [2.75, 3.05) is 18.1 Å². The second-order valence-corrected chi connectivity index (χ2v) is 6.73. The predicted molar refractivity (Wildman–Crippen MR) is 75.3 cm³/mol. The van der Waals surface area contributed by atoms with Crippen LogP contribution in [0.1, 0.15) is 24.5 Å².